The first-order chi connectivity index (χ1) is 9.97. The molecule has 0 aliphatic heterocycles. The zero-order chi connectivity index (χ0) is 15.4. The number of carbonyl (C=O) groups is 1. The molecule has 2 rings (SSSR count). The summed E-state index contributed by atoms with van der Waals surface area (Å²) in [7, 11) is 0. The van der Waals surface area contributed by atoms with Crippen LogP contribution in [0, 0.1) is 17.0 Å². The number of rotatable bonds is 7. The van der Waals surface area contributed by atoms with Crippen molar-refractivity contribution >= 4 is 38.8 Å². The van der Waals surface area contributed by atoms with E-state index in [4.69, 9.17) is 10.5 Å². The molecule has 0 atom stereocenters. The monoisotopic (exact) mass is 310 g/mol. The summed E-state index contributed by atoms with van der Waals surface area (Å²) in [5, 5.41) is 14.9. The minimum Gasteiger partial charge on any atom is -0.377 e. The largest absolute Gasteiger partial charge is 0.377 e. The summed E-state index contributed by atoms with van der Waals surface area (Å²) in [5.74, 6) is -0.555. The van der Waals surface area contributed by atoms with E-state index in [0.29, 0.717) is 17.7 Å². The number of hydrogen-bond acceptors (Lipinski definition) is 7. The number of carbonyl (C=O) groups excluding carboxylic acids is 1. The Morgan fingerprint density at radius 2 is 2.33 bits per heavy atom. The number of thiazole rings is 1. The van der Waals surface area contributed by atoms with Crippen molar-refractivity contribution in [2.45, 2.75) is 6.92 Å². The third kappa shape index (κ3) is 3.86. The first-order valence-corrected chi connectivity index (χ1v) is 6.94. The number of aryl methyl sites for hydroxylation is 1. The van der Waals surface area contributed by atoms with Gasteiger partial charge in [0.25, 0.3) is 5.69 Å². The molecule has 1 heterocycles. The van der Waals surface area contributed by atoms with Crippen LogP contribution in [0.1, 0.15) is 5.01 Å². The maximum absolute atomic E-state index is 11.1. The molecule has 8 nitrogen and oxygen atoms in total. The van der Waals surface area contributed by atoms with E-state index in [9.17, 15) is 14.9 Å². The van der Waals surface area contributed by atoms with Gasteiger partial charge in [0.1, 0.15) is 12.3 Å². The number of nitrogens with two attached hydrogens (primary N) is 1. The average Bonchev–Trinajstić information content (AvgIpc) is 2.75. The first-order valence-electron chi connectivity index (χ1n) is 6.13. The van der Waals surface area contributed by atoms with Gasteiger partial charge in [-0.2, -0.15) is 0 Å². The number of fused-ring (bicyclic) bond motifs is 1. The average molecular weight is 310 g/mol. The van der Waals surface area contributed by atoms with Gasteiger partial charge in [0.05, 0.1) is 26.8 Å². The predicted molar refractivity (Wildman–Crippen MR) is 79.5 cm³/mol. The van der Waals surface area contributed by atoms with Gasteiger partial charge in [-0.05, 0) is 13.0 Å². The molecule has 0 saturated carbocycles. The molecule has 3 N–H and O–H groups in total. The number of hydrogen-bond donors (Lipinski definition) is 2. The topological polar surface area (TPSA) is 120 Å². The Morgan fingerprint density at radius 3 is 3.00 bits per heavy atom. The highest BCUT2D eigenvalue weighted by Crippen LogP contribution is 2.32. The van der Waals surface area contributed by atoms with Gasteiger partial charge in [0, 0.05) is 12.6 Å². The lowest BCUT2D eigenvalue weighted by Crippen LogP contribution is -2.20. The van der Waals surface area contributed by atoms with Gasteiger partial charge in [0.2, 0.25) is 5.91 Å². The third-order valence-corrected chi connectivity index (χ3v) is 3.55. The number of nitrogens with one attached hydrogen (secondary N) is 1. The van der Waals surface area contributed by atoms with Crippen LogP contribution in [-0.4, -0.2) is 35.6 Å². The molecule has 0 bridgehead atoms. The van der Waals surface area contributed by atoms with Crippen molar-refractivity contribution in [2.75, 3.05) is 25.1 Å². The molecular formula is C12H14N4O4S. The van der Waals surface area contributed by atoms with Gasteiger partial charge in [-0.25, -0.2) is 4.98 Å². The van der Waals surface area contributed by atoms with E-state index in [2.05, 4.69) is 10.3 Å². The fourth-order valence-corrected chi connectivity index (χ4v) is 2.64. The van der Waals surface area contributed by atoms with Gasteiger partial charge in [-0.15, -0.1) is 11.3 Å². The molecule has 0 aliphatic carbocycles. The van der Waals surface area contributed by atoms with E-state index in [1.54, 1.807) is 6.07 Å². The molecule has 2 aromatic rings. The number of amides is 1. The number of ether oxygens (including phenoxy) is 1. The minimum atomic E-state index is -0.555. The van der Waals surface area contributed by atoms with E-state index in [1.807, 2.05) is 6.92 Å². The number of benzene rings is 1. The van der Waals surface area contributed by atoms with E-state index in [-0.39, 0.29) is 18.9 Å². The molecule has 1 amide bonds. The summed E-state index contributed by atoms with van der Waals surface area (Å²) in [4.78, 5) is 25.5. The highest BCUT2D eigenvalue weighted by Gasteiger charge is 2.16. The fraction of sp³-hybridized carbons (Fsp3) is 0.333. The smallest absolute Gasteiger partial charge is 0.293 e. The van der Waals surface area contributed by atoms with Crippen LogP contribution in [0.3, 0.4) is 0 Å². The quantitative estimate of drug-likeness (QED) is 0.453. The maximum Gasteiger partial charge on any atom is 0.293 e. The van der Waals surface area contributed by atoms with Crippen LogP contribution >= 0.6 is 11.3 Å². The molecule has 0 fully saturated rings. The zero-order valence-electron chi connectivity index (χ0n) is 11.3. The zero-order valence-corrected chi connectivity index (χ0v) is 12.1. The Hall–Kier alpha value is -2.26. The third-order valence-electron chi connectivity index (χ3n) is 2.62. The van der Waals surface area contributed by atoms with Crippen LogP contribution in [0.25, 0.3) is 10.2 Å². The second-order valence-electron chi connectivity index (χ2n) is 4.27. The van der Waals surface area contributed by atoms with Crippen LogP contribution in [0.15, 0.2) is 12.1 Å². The predicted octanol–water partition coefficient (Wildman–Crippen LogP) is 1.43. The summed E-state index contributed by atoms with van der Waals surface area (Å²) in [6.45, 7) is 2.21. The second-order valence-corrected chi connectivity index (χ2v) is 5.51. The number of primary amides is 1. The Bertz CT molecular complexity index is 685. The van der Waals surface area contributed by atoms with Crippen LogP contribution in [0.5, 0.6) is 0 Å². The van der Waals surface area contributed by atoms with Gasteiger partial charge < -0.3 is 15.8 Å². The SMILES string of the molecule is Cc1nc2cc(NCCOCC(N)=O)c([N+](=O)[O-])cc2s1. The molecule has 0 saturated heterocycles. The molecule has 1 aromatic heterocycles. The summed E-state index contributed by atoms with van der Waals surface area (Å²) < 4.78 is 5.76. The van der Waals surface area contributed by atoms with Gasteiger partial charge >= 0.3 is 0 Å². The number of nitrogens with zero attached hydrogens (tertiary/aromatic N) is 2. The van der Waals surface area contributed by atoms with E-state index in [0.717, 1.165) is 9.71 Å². The molecule has 1 aromatic carbocycles. The van der Waals surface area contributed by atoms with Crippen LogP contribution in [0.4, 0.5) is 11.4 Å². The second kappa shape index (κ2) is 6.46. The number of anilines is 1. The fourth-order valence-electron chi connectivity index (χ4n) is 1.80. The van der Waals surface area contributed by atoms with Gasteiger partial charge in [-0.1, -0.05) is 0 Å². The highest BCUT2D eigenvalue weighted by atomic mass is 32.1. The molecule has 9 heteroatoms. The van der Waals surface area contributed by atoms with Gasteiger partial charge in [0.15, 0.2) is 0 Å². The normalized spacial score (nSPS) is 10.7. The van der Waals surface area contributed by atoms with Crippen LogP contribution in [0.2, 0.25) is 0 Å². The molecule has 0 unspecified atom stereocenters. The van der Waals surface area contributed by atoms with Crippen molar-refractivity contribution in [2.24, 2.45) is 5.73 Å². The summed E-state index contributed by atoms with van der Waals surface area (Å²) in [5.41, 5.74) is 6.01. The molecule has 0 spiro atoms. The Balaban J connectivity index is 2.11. The first kappa shape index (κ1) is 15.1. The van der Waals surface area contributed by atoms with E-state index >= 15 is 0 Å². The van der Waals surface area contributed by atoms with Crippen molar-refractivity contribution in [3.63, 3.8) is 0 Å². The van der Waals surface area contributed by atoms with Gasteiger partial charge in [-0.3, -0.25) is 14.9 Å². The molecule has 0 aliphatic rings. The maximum atomic E-state index is 11.1. The molecule has 21 heavy (non-hydrogen) atoms. The number of nitro benzene ring substituents is 1. The minimum absolute atomic E-state index is 0.0129. The van der Waals surface area contributed by atoms with Crippen molar-refractivity contribution in [1.29, 1.82) is 0 Å². The summed E-state index contributed by atoms with van der Waals surface area (Å²) >= 11 is 1.41. The Labute approximate surface area is 124 Å². The van der Waals surface area contributed by atoms with Crippen molar-refractivity contribution in [3.8, 4) is 0 Å². The lowest BCUT2D eigenvalue weighted by atomic mass is 10.2. The number of aromatic nitrogens is 1. The molecular weight excluding hydrogens is 296 g/mol. The van der Waals surface area contributed by atoms with Crippen molar-refractivity contribution < 1.29 is 14.5 Å². The lowest BCUT2D eigenvalue weighted by molar-refractivity contribution is -0.383. The van der Waals surface area contributed by atoms with E-state index < -0.39 is 10.8 Å². The van der Waals surface area contributed by atoms with Crippen molar-refractivity contribution in [3.05, 3.63) is 27.3 Å². The summed E-state index contributed by atoms with van der Waals surface area (Å²) in [6.07, 6.45) is 0. The number of nitro groups is 1. The Kier molecular flexibility index (Phi) is 4.66. The van der Waals surface area contributed by atoms with Crippen LogP contribution < -0.4 is 11.1 Å². The summed E-state index contributed by atoms with van der Waals surface area (Å²) in [6, 6.07) is 3.15. The lowest BCUT2D eigenvalue weighted by Gasteiger charge is -2.07. The molecule has 112 valence electrons. The highest BCUT2D eigenvalue weighted by molar-refractivity contribution is 7.18. The standard InChI is InChI=1S/C12H14N4O4S/c1-7-15-9-4-8(14-2-3-20-6-12(13)17)10(16(18)19)5-11(9)21-7/h4-5,14H,2-3,6H2,1H3,(H2,13,17). The van der Waals surface area contributed by atoms with Crippen molar-refractivity contribution in [1.82, 2.24) is 4.98 Å². The van der Waals surface area contributed by atoms with Crippen LogP contribution in [-0.2, 0) is 9.53 Å². The molecule has 0 radical (unpaired) electrons. The van der Waals surface area contributed by atoms with E-state index in [1.165, 1.54) is 17.4 Å². The Morgan fingerprint density at radius 1 is 1.57 bits per heavy atom.